The Hall–Kier alpha value is -3.34. The van der Waals surface area contributed by atoms with E-state index in [0.717, 1.165) is 28.0 Å². The number of amidine groups is 1. The van der Waals surface area contributed by atoms with Crippen LogP contribution in [0.1, 0.15) is 0 Å². The fourth-order valence-corrected chi connectivity index (χ4v) is 8.20. The predicted octanol–water partition coefficient (Wildman–Crippen LogP) is 2.66. The summed E-state index contributed by atoms with van der Waals surface area (Å²) in [7, 11) is -6.09. The minimum atomic E-state index is -4.68. The van der Waals surface area contributed by atoms with Crippen molar-refractivity contribution in [1.29, 1.82) is 0 Å². The predicted molar refractivity (Wildman–Crippen MR) is 136 cm³/mol. The molecule has 0 bridgehead atoms. The quantitative estimate of drug-likeness (QED) is 0.334. The number of sulfonamides is 2. The largest absolute Gasteiger partial charge is 0.509 e. The van der Waals surface area contributed by atoms with Gasteiger partial charge in [-0.15, -0.1) is 4.40 Å². The van der Waals surface area contributed by atoms with Gasteiger partial charge in [0.1, 0.15) is 23.0 Å². The summed E-state index contributed by atoms with van der Waals surface area (Å²) in [6, 6.07) is 9.70. The second-order valence-electron chi connectivity index (χ2n) is 7.41. The van der Waals surface area contributed by atoms with Crippen molar-refractivity contribution in [2.75, 3.05) is 29.6 Å². The Kier molecular flexibility index (Phi) is 5.85. The molecule has 2 aliphatic rings. The molecular formula is C20H16N4O8S4. The lowest BCUT2D eigenvalue weighted by molar-refractivity contribution is -0.113. The number of aliphatic hydroxyl groups excluding tert-OH is 1. The summed E-state index contributed by atoms with van der Waals surface area (Å²) in [5, 5.41) is 10.4. The Bertz CT molecular complexity index is 1710. The van der Waals surface area contributed by atoms with E-state index in [-0.39, 0.29) is 10.3 Å². The Morgan fingerprint density at radius 3 is 2.56 bits per heavy atom. The molecule has 0 saturated carbocycles. The number of amides is 1. The zero-order chi connectivity index (χ0) is 25.8. The van der Waals surface area contributed by atoms with Crippen LogP contribution in [0, 0.1) is 0 Å². The third kappa shape index (κ3) is 4.25. The van der Waals surface area contributed by atoms with Crippen molar-refractivity contribution >= 4 is 75.3 Å². The van der Waals surface area contributed by atoms with Crippen molar-refractivity contribution in [3.05, 3.63) is 47.1 Å². The van der Waals surface area contributed by atoms with Crippen LogP contribution < -0.4 is 19.1 Å². The molecule has 1 amide bonds. The molecule has 0 unspecified atom stereocenters. The molecule has 2 N–H and O–H groups in total. The highest BCUT2D eigenvalue weighted by molar-refractivity contribution is 8.16. The summed E-state index contributed by atoms with van der Waals surface area (Å²) >= 11 is 1.95. The van der Waals surface area contributed by atoms with Crippen LogP contribution in [0.25, 0.3) is 10.2 Å². The molecule has 1 aromatic heterocycles. The molecule has 0 fully saturated rings. The van der Waals surface area contributed by atoms with Crippen LogP contribution in [0.4, 0.5) is 10.8 Å². The molecule has 36 heavy (non-hydrogen) atoms. The second-order valence-corrected chi connectivity index (χ2v) is 12.7. The van der Waals surface area contributed by atoms with E-state index >= 15 is 0 Å². The first-order valence-electron chi connectivity index (χ1n) is 9.94. The highest BCUT2D eigenvalue weighted by Crippen LogP contribution is 2.45. The number of nitrogens with one attached hydrogen (secondary N) is 1. The van der Waals surface area contributed by atoms with Crippen LogP contribution >= 0.6 is 23.1 Å². The van der Waals surface area contributed by atoms with Crippen LogP contribution in [-0.2, 0) is 24.8 Å². The number of anilines is 2. The van der Waals surface area contributed by atoms with Crippen LogP contribution in [0.15, 0.2) is 56.4 Å². The number of hydrogen-bond donors (Lipinski definition) is 2. The minimum absolute atomic E-state index is 0.00648. The summed E-state index contributed by atoms with van der Waals surface area (Å²) < 4.78 is 67.7. The first kappa shape index (κ1) is 24.4. The number of thiazole rings is 1. The van der Waals surface area contributed by atoms with Crippen LogP contribution in [-0.4, -0.2) is 58.0 Å². The van der Waals surface area contributed by atoms with Gasteiger partial charge in [-0.25, -0.2) is 13.4 Å². The molecule has 12 nitrogen and oxygen atoms in total. The third-order valence-corrected chi connectivity index (χ3v) is 9.76. The van der Waals surface area contributed by atoms with Gasteiger partial charge in [-0.2, -0.15) is 8.42 Å². The lowest BCUT2D eigenvalue weighted by Gasteiger charge is -2.23. The maximum absolute atomic E-state index is 13.2. The van der Waals surface area contributed by atoms with Crippen molar-refractivity contribution in [2.45, 2.75) is 4.90 Å². The van der Waals surface area contributed by atoms with E-state index in [1.807, 2.05) is 0 Å². The second kappa shape index (κ2) is 8.65. The Morgan fingerprint density at radius 2 is 1.83 bits per heavy atom. The van der Waals surface area contributed by atoms with Gasteiger partial charge in [0.25, 0.3) is 15.9 Å². The fourth-order valence-electron chi connectivity index (χ4n) is 3.51. The highest BCUT2D eigenvalue weighted by atomic mass is 32.2. The molecule has 3 aromatic rings. The van der Waals surface area contributed by atoms with Gasteiger partial charge < -0.3 is 14.6 Å². The number of methoxy groups -OCH3 is 2. The standard InChI is InChI=1S/C20H16N4O8S4/c1-31-10-3-5-12-15(7-10)33-19(21-12)22-35(27,28)9-14(25)17-18(26)24-13-6-4-11(32-2)8-16(13)34-20(24)23-36(17,29)30/h3-8,25H,9H2,1-2H3,(H,21,22)/b17-14-. The smallest absolute Gasteiger partial charge is 0.293 e. The SMILES string of the molecule is COc1ccc2c(c1)SC1=NS(=O)(=O)/C(=C(\O)CS(=O)(=O)Nc3nc4ccc(OC)cc4s3)C(=O)N12. The van der Waals surface area contributed by atoms with Crippen molar-refractivity contribution < 1.29 is 36.2 Å². The number of benzene rings is 2. The van der Waals surface area contributed by atoms with Gasteiger partial charge in [0.2, 0.25) is 10.0 Å². The Labute approximate surface area is 213 Å². The molecule has 188 valence electrons. The molecule has 2 aliphatic heterocycles. The van der Waals surface area contributed by atoms with Gasteiger partial charge in [-0.1, -0.05) is 11.3 Å². The summed E-state index contributed by atoms with van der Waals surface area (Å²) in [6.07, 6.45) is 0. The molecular weight excluding hydrogens is 553 g/mol. The lowest BCUT2D eigenvalue weighted by Crippen LogP contribution is -2.41. The van der Waals surface area contributed by atoms with Gasteiger partial charge in [0.05, 0.1) is 30.1 Å². The molecule has 3 heterocycles. The number of aromatic nitrogens is 1. The van der Waals surface area contributed by atoms with Crippen molar-refractivity contribution in [1.82, 2.24) is 4.98 Å². The normalized spacial score (nSPS) is 17.9. The number of aliphatic hydroxyl groups is 1. The maximum Gasteiger partial charge on any atom is 0.293 e. The monoisotopic (exact) mass is 568 g/mol. The molecule has 0 aliphatic carbocycles. The molecule has 0 spiro atoms. The van der Waals surface area contributed by atoms with Gasteiger partial charge in [-0.05, 0) is 48.2 Å². The molecule has 0 saturated heterocycles. The number of fused-ring (bicyclic) bond motifs is 4. The van der Waals surface area contributed by atoms with Crippen LogP contribution in [0.3, 0.4) is 0 Å². The third-order valence-electron chi connectivity index (χ3n) is 5.08. The number of nitrogens with zero attached hydrogens (tertiary/aromatic N) is 3. The van der Waals surface area contributed by atoms with Crippen LogP contribution in [0.2, 0.25) is 0 Å². The Morgan fingerprint density at radius 1 is 1.14 bits per heavy atom. The Balaban J connectivity index is 1.46. The molecule has 0 radical (unpaired) electrons. The molecule has 16 heteroatoms. The minimum Gasteiger partial charge on any atom is -0.509 e. The number of carbonyl (C=O) groups excluding carboxylic acids is 1. The van der Waals surface area contributed by atoms with E-state index in [1.165, 1.54) is 20.3 Å². The van der Waals surface area contributed by atoms with Gasteiger partial charge in [0, 0.05) is 4.90 Å². The molecule has 5 rings (SSSR count). The summed E-state index contributed by atoms with van der Waals surface area (Å²) in [6.45, 7) is 0. The summed E-state index contributed by atoms with van der Waals surface area (Å²) in [4.78, 5) is 17.7. The van der Waals surface area contributed by atoms with E-state index in [0.29, 0.717) is 32.3 Å². The van der Waals surface area contributed by atoms with E-state index in [2.05, 4.69) is 14.1 Å². The van der Waals surface area contributed by atoms with Gasteiger partial charge >= 0.3 is 0 Å². The number of thioether (sulfide) groups is 1. The maximum atomic E-state index is 13.2. The zero-order valence-corrected chi connectivity index (χ0v) is 21.7. The van der Waals surface area contributed by atoms with Crippen LogP contribution in [0.5, 0.6) is 11.5 Å². The van der Waals surface area contributed by atoms with Crippen molar-refractivity contribution in [3.63, 3.8) is 0 Å². The lowest BCUT2D eigenvalue weighted by atomic mass is 10.2. The number of rotatable bonds is 6. The van der Waals surface area contributed by atoms with E-state index < -0.39 is 42.4 Å². The average Bonchev–Trinajstić information content (AvgIpc) is 3.35. The van der Waals surface area contributed by atoms with Crippen molar-refractivity contribution in [3.8, 4) is 11.5 Å². The highest BCUT2D eigenvalue weighted by Gasteiger charge is 2.45. The van der Waals surface area contributed by atoms with E-state index in [9.17, 15) is 26.7 Å². The van der Waals surface area contributed by atoms with E-state index in [4.69, 9.17) is 9.47 Å². The first-order chi connectivity index (χ1) is 17.0. The molecule has 2 aromatic carbocycles. The topological polar surface area (TPSA) is 165 Å². The van der Waals surface area contributed by atoms with Gasteiger partial charge in [0.15, 0.2) is 15.2 Å². The molecule has 0 atom stereocenters. The number of carbonyl (C=O) groups is 1. The average molecular weight is 569 g/mol. The van der Waals surface area contributed by atoms with Crippen molar-refractivity contribution in [2.24, 2.45) is 4.40 Å². The van der Waals surface area contributed by atoms with Gasteiger partial charge in [-0.3, -0.25) is 14.4 Å². The number of hydrogen-bond acceptors (Lipinski definition) is 11. The fraction of sp³-hybridized carbons (Fsp3) is 0.150. The number of ether oxygens (including phenoxy) is 2. The zero-order valence-electron chi connectivity index (χ0n) is 18.5. The summed E-state index contributed by atoms with van der Waals surface area (Å²) in [5.41, 5.74) is 0.838. The first-order valence-corrected chi connectivity index (χ1v) is 14.7. The van der Waals surface area contributed by atoms with E-state index in [1.54, 1.807) is 30.3 Å². The summed E-state index contributed by atoms with van der Waals surface area (Å²) in [5.74, 6) is -2.42.